The number of ether oxygens (including phenoxy) is 1. The number of methoxy groups -OCH3 is 1. The smallest absolute Gasteiger partial charge is 0.181 e. The average molecular weight is 292 g/mol. The number of benzene rings is 1. The third-order valence-electron chi connectivity index (χ3n) is 3.06. The highest BCUT2D eigenvalue weighted by molar-refractivity contribution is 6.33. The number of halogens is 2. The Balaban J connectivity index is 2.29. The van der Waals surface area contributed by atoms with Gasteiger partial charge in [-0.2, -0.15) is 0 Å². The molecular formula is C14H11ClFN3O. The van der Waals surface area contributed by atoms with E-state index in [-0.39, 0.29) is 5.02 Å². The first-order chi connectivity index (χ1) is 9.61. The molecule has 0 amide bonds. The number of anilines is 1. The molecule has 0 saturated heterocycles. The Hall–Kier alpha value is -2.27. The van der Waals surface area contributed by atoms with E-state index in [4.69, 9.17) is 22.1 Å². The van der Waals surface area contributed by atoms with Crippen LogP contribution in [0.5, 0.6) is 5.75 Å². The lowest BCUT2D eigenvalue weighted by molar-refractivity contribution is 0.417. The number of fused-ring (bicyclic) bond motifs is 1. The van der Waals surface area contributed by atoms with Crippen molar-refractivity contribution in [1.29, 1.82) is 0 Å². The van der Waals surface area contributed by atoms with Gasteiger partial charge >= 0.3 is 0 Å². The maximum absolute atomic E-state index is 13.1. The Bertz CT molecular complexity index is 800. The van der Waals surface area contributed by atoms with E-state index in [0.29, 0.717) is 28.5 Å². The Morgan fingerprint density at radius 2 is 2.15 bits per heavy atom. The summed E-state index contributed by atoms with van der Waals surface area (Å²) in [5.74, 6) is 0.620. The van der Waals surface area contributed by atoms with Crippen LogP contribution in [0.4, 0.5) is 10.2 Å². The van der Waals surface area contributed by atoms with Crippen molar-refractivity contribution in [2.24, 2.45) is 0 Å². The molecule has 0 bridgehead atoms. The second kappa shape index (κ2) is 4.68. The number of pyridine rings is 1. The van der Waals surface area contributed by atoms with Crippen molar-refractivity contribution < 1.29 is 9.13 Å². The number of imidazole rings is 1. The van der Waals surface area contributed by atoms with Crippen molar-refractivity contribution in [3.8, 4) is 17.0 Å². The Morgan fingerprint density at radius 1 is 1.35 bits per heavy atom. The van der Waals surface area contributed by atoms with Crippen LogP contribution in [-0.2, 0) is 0 Å². The second-order valence-electron chi connectivity index (χ2n) is 4.24. The predicted octanol–water partition coefficient (Wildman–Crippen LogP) is 3.38. The van der Waals surface area contributed by atoms with E-state index >= 15 is 0 Å². The summed E-state index contributed by atoms with van der Waals surface area (Å²) in [5, 5.41) is 0.263. The predicted molar refractivity (Wildman–Crippen MR) is 76.6 cm³/mol. The van der Waals surface area contributed by atoms with Crippen LogP contribution >= 0.6 is 11.6 Å². The fraction of sp³-hybridized carbons (Fsp3) is 0.0714. The van der Waals surface area contributed by atoms with E-state index in [9.17, 15) is 4.39 Å². The highest BCUT2D eigenvalue weighted by Crippen LogP contribution is 2.34. The zero-order valence-corrected chi connectivity index (χ0v) is 11.4. The normalized spacial score (nSPS) is 10.9. The largest absolute Gasteiger partial charge is 0.493 e. The number of aromatic nitrogens is 2. The molecule has 3 aromatic rings. The van der Waals surface area contributed by atoms with Gasteiger partial charge in [-0.3, -0.25) is 4.40 Å². The van der Waals surface area contributed by atoms with Crippen LogP contribution in [0.2, 0.25) is 5.02 Å². The molecule has 6 heteroatoms. The molecule has 0 aliphatic rings. The molecule has 0 saturated carbocycles. The molecule has 20 heavy (non-hydrogen) atoms. The van der Waals surface area contributed by atoms with E-state index in [2.05, 4.69) is 4.98 Å². The zero-order valence-electron chi connectivity index (χ0n) is 10.6. The summed E-state index contributed by atoms with van der Waals surface area (Å²) in [6.45, 7) is 0. The third-order valence-corrected chi connectivity index (χ3v) is 3.37. The van der Waals surface area contributed by atoms with Crippen molar-refractivity contribution in [3.05, 3.63) is 47.4 Å². The minimum absolute atomic E-state index is 0.263. The van der Waals surface area contributed by atoms with Gasteiger partial charge in [0.05, 0.1) is 12.1 Å². The molecular weight excluding hydrogens is 281 g/mol. The number of hydrogen-bond donors (Lipinski definition) is 1. The summed E-state index contributed by atoms with van der Waals surface area (Å²) in [7, 11) is 1.56. The summed E-state index contributed by atoms with van der Waals surface area (Å²) >= 11 is 6.06. The maximum Gasteiger partial charge on any atom is 0.181 e. The van der Waals surface area contributed by atoms with E-state index in [1.165, 1.54) is 12.1 Å². The molecule has 0 aliphatic heterocycles. The molecule has 0 unspecified atom stereocenters. The fourth-order valence-corrected chi connectivity index (χ4v) is 2.36. The third kappa shape index (κ3) is 1.87. The van der Waals surface area contributed by atoms with Crippen molar-refractivity contribution in [1.82, 2.24) is 9.38 Å². The van der Waals surface area contributed by atoms with Gasteiger partial charge in [-0.05, 0) is 30.3 Å². The minimum Gasteiger partial charge on any atom is -0.493 e. The molecule has 0 radical (unpaired) electrons. The van der Waals surface area contributed by atoms with Crippen LogP contribution < -0.4 is 10.5 Å². The van der Waals surface area contributed by atoms with E-state index < -0.39 is 5.82 Å². The van der Waals surface area contributed by atoms with Gasteiger partial charge in [0.15, 0.2) is 11.4 Å². The Kier molecular flexibility index (Phi) is 2.99. The lowest BCUT2D eigenvalue weighted by atomic mass is 10.1. The van der Waals surface area contributed by atoms with Gasteiger partial charge in [-0.25, -0.2) is 9.37 Å². The summed E-state index contributed by atoms with van der Waals surface area (Å²) in [6, 6.07) is 7.71. The van der Waals surface area contributed by atoms with Gasteiger partial charge < -0.3 is 10.5 Å². The van der Waals surface area contributed by atoms with E-state index in [1.54, 1.807) is 35.9 Å². The molecule has 0 atom stereocenters. The summed E-state index contributed by atoms with van der Waals surface area (Å²) < 4.78 is 20.1. The minimum atomic E-state index is -0.404. The summed E-state index contributed by atoms with van der Waals surface area (Å²) in [6.07, 6.45) is 1.78. The fourth-order valence-electron chi connectivity index (χ4n) is 2.10. The SMILES string of the molecule is COc1cccn2c(N)c(-c3ccc(F)cc3Cl)nc12. The number of nitrogens with two attached hydrogens (primary N) is 1. The number of hydrogen-bond acceptors (Lipinski definition) is 3. The molecule has 1 aromatic carbocycles. The van der Waals surface area contributed by atoms with Crippen LogP contribution in [0.1, 0.15) is 0 Å². The first-order valence-corrected chi connectivity index (χ1v) is 6.25. The van der Waals surface area contributed by atoms with Crippen LogP contribution in [0, 0.1) is 5.82 Å². The average Bonchev–Trinajstić information content (AvgIpc) is 2.76. The van der Waals surface area contributed by atoms with Crippen molar-refractivity contribution >= 4 is 23.1 Å². The van der Waals surface area contributed by atoms with Crippen LogP contribution in [0.25, 0.3) is 16.9 Å². The first-order valence-electron chi connectivity index (χ1n) is 5.88. The topological polar surface area (TPSA) is 52.5 Å². The van der Waals surface area contributed by atoms with Crippen LogP contribution in [0.15, 0.2) is 36.5 Å². The molecule has 4 nitrogen and oxygen atoms in total. The maximum atomic E-state index is 13.1. The molecule has 2 aromatic heterocycles. The lowest BCUT2D eigenvalue weighted by Gasteiger charge is -2.02. The highest BCUT2D eigenvalue weighted by atomic mass is 35.5. The van der Waals surface area contributed by atoms with Crippen molar-refractivity contribution in [2.45, 2.75) is 0 Å². The Labute approximate surface area is 119 Å². The van der Waals surface area contributed by atoms with E-state index in [0.717, 1.165) is 0 Å². The first kappa shape index (κ1) is 12.7. The summed E-state index contributed by atoms with van der Waals surface area (Å²) in [4.78, 5) is 4.45. The number of nitrogen functional groups attached to an aromatic ring is 1. The van der Waals surface area contributed by atoms with Gasteiger partial charge in [-0.15, -0.1) is 0 Å². The molecule has 2 N–H and O–H groups in total. The number of nitrogens with zero attached hydrogens (tertiary/aromatic N) is 2. The van der Waals surface area contributed by atoms with Gasteiger partial charge in [0.25, 0.3) is 0 Å². The van der Waals surface area contributed by atoms with E-state index in [1.807, 2.05) is 0 Å². The molecule has 0 fully saturated rings. The highest BCUT2D eigenvalue weighted by Gasteiger charge is 2.16. The monoisotopic (exact) mass is 291 g/mol. The molecule has 102 valence electrons. The van der Waals surface area contributed by atoms with Gasteiger partial charge in [0, 0.05) is 11.8 Å². The lowest BCUT2D eigenvalue weighted by Crippen LogP contribution is -1.95. The molecule has 0 aliphatic carbocycles. The second-order valence-corrected chi connectivity index (χ2v) is 4.65. The van der Waals surface area contributed by atoms with Gasteiger partial charge in [-0.1, -0.05) is 11.6 Å². The van der Waals surface area contributed by atoms with Crippen molar-refractivity contribution in [2.75, 3.05) is 12.8 Å². The Morgan fingerprint density at radius 3 is 2.85 bits per heavy atom. The molecule has 0 spiro atoms. The zero-order chi connectivity index (χ0) is 14.3. The van der Waals surface area contributed by atoms with Crippen molar-refractivity contribution in [3.63, 3.8) is 0 Å². The quantitative estimate of drug-likeness (QED) is 0.787. The van der Waals surface area contributed by atoms with Gasteiger partial charge in [0.1, 0.15) is 17.3 Å². The molecule has 2 heterocycles. The number of rotatable bonds is 2. The summed E-state index contributed by atoms with van der Waals surface area (Å²) in [5.41, 5.74) is 7.76. The van der Waals surface area contributed by atoms with Crippen LogP contribution in [-0.4, -0.2) is 16.5 Å². The van der Waals surface area contributed by atoms with Crippen LogP contribution in [0.3, 0.4) is 0 Å². The molecule has 3 rings (SSSR count). The van der Waals surface area contributed by atoms with Gasteiger partial charge in [0.2, 0.25) is 0 Å². The standard InChI is InChI=1S/C14H11ClFN3O/c1-20-11-3-2-6-19-13(17)12(18-14(11)19)9-5-4-8(16)7-10(9)15/h2-7H,17H2,1H3.